The summed E-state index contributed by atoms with van der Waals surface area (Å²) in [6.07, 6.45) is 2.49. The van der Waals surface area contributed by atoms with E-state index in [1.54, 1.807) is 12.4 Å². The molecule has 17 heavy (non-hydrogen) atoms. The second-order valence-corrected chi connectivity index (χ2v) is 4.25. The van der Waals surface area contributed by atoms with Crippen LogP contribution in [0, 0.1) is 0 Å². The number of aromatic nitrogens is 3. The highest BCUT2D eigenvalue weighted by Gasteiger charge is 2.13. The van der Waals surface area contributed by atoms with Crippen molar-refractivity contribution in [3.8, 4) is 0 Å². The van der Waals surface area contributed by atoms with Crippen LogP contribution in [0.3, 0.4) is 0 Å². The van der Waals surface area contributed by atoms with Crippen LogP contribution in [0.5, 0.6) is 0 Å². The average Bonchev–Trinajstić information content (AvgIpc) is 2.91. The Morgan fingerprint density at radius 2 is 2.06 bits per heavy atom. The summed E-state index contributed by atoms with van der Waals surface area (Å²) in [5.41, 5.74) is 2.21. The molecule has 0 spiro atoms. The highest BCUT2D eigenvalue weighted by Crippen LogP contribution is 2.22. The van der Waals surface area contributed by atoms with E-state index in [9.17, 15) is 5.11 Å². The lowest BCUT2D eigenvalue weighted by Gasteiger charge is -2.07. The monoisotopic (exact) mass is 243 g/mol. The van der Waals surface area contributed by atoms with Gasteiger partial charge in [-0.15, -0.1) is 0 Å². The van der Waals surface area contributed by atoms with Crippen molar-refractivity contribution in [2.75, 3.05) is 0 Å². The van der Waals surface area contributed by atoms with Crippen molar-refractivity contribution in [3.63, 3.8) is 0 Å². The topological polar surface area (TPSA) is 58.9 Å². The Labute approximate surface area is 102 Å². The van der Waals surface area contributed by atoms with Gasteiger partial charge in [0.1, 0.15) is 11.8 Å². The fourth-order valence-electron chi connectivity index (χ4n) is 1.70. The highest BCUT2D eigenvalue weighted by atomic mass is 32.1. The first-order valence-electron chi connectivity index (χ1n) is 5.15. The molecule has 0 fully saturated rings. The standard InChI is InChI=1S/C12H9N3OS/c16-12(11-7-14-17-15-11)9-5-8-3-1-2-4-10(8)13-6-9/h1-7,12,16H. The molecule has 1 N–H and O–H groups in total. The number of hydrogen-bond donors (Lipinski definition) is 1. The Morgan fingerprint density at radius 1 is 1.18 bits per heavy atom. The molecule has 1 atom stereocenters. The van der Waals surface area contributed by atoms with Crippen LogP contribution in [0.15, 0.2) is 42.7 Å². The Balaban J connectivity index is 2.06. The van der Waals surface area contributed by atoms with E-state index in [0.29, 0.717) is 5.69 Å². The fourth-order valence-corrected chi connectivity index (χ4v) is 2.14. The average molecular weight is 243 g/mol. The molecule has 0 saturated heterocycles. The molecular formula is C12H9N3OS. The molecule has 4 nitrogen and oxygen atoms in total. The zero-order valence-electron chi connectivity index (χ0n) is 8.82. The first kappa shape index (κ1) is 10.3. The predicted octanol–water partition coefficient (Wildman–Crippen LogP) is 2.17. The van der Waals surface area contributed by atoms with Gasteiger partial charge in [0.2, 0.25) is 0 Å². The number of rotatable bonds is 2. The number of hydrogen-bond acceptors (Lipinski definition) is 5. The molecule has 0 bridgehead atoms. The van der Waals surface area contributed by atoms with Crippen LogP contribution in [0.4, 0.5) is 0 Å². The summed E-state index contributed by atoms with van der Waals surface area (Å²) >= 11 is 1.09. The molecule has 0 aliphatic rings. The number of nitrogens with zero attached hydrogens (tertiary/aromatic N) is 3. The van der Waals surface area contributed by atoms with Crippen LogP contribution < -0.4 is 0 Å². The quantitative estimate of drug-likeness (QED) is 0.749. The minimum absolute atomic E-state index is 0.562. The zero-order chi connectivity index (χ0) is 11.7. The lowest BCUT2D eigenvalue weighted by molar-refractivity contribution is 0.216. The third-order valence-electron chi connectivity index (χ3n) is 2.59. The second-order valence-electron chi connectivity index (χ2n) is 3.70. The molecule has 5 heteroatoms. The van der Waals surface area contributed by atoms with Gasteiger partial charge in [0, 0.05) is 17.1 Å². The van der Waals surface area contributed by atoms with Crippen molar-refractivity contribution in [1.82, 2.24) is 13.7 Å². The van der Waals surface area contributed by atoms with Crippen LogP contribution >= 0.6 is 11.7 Å². The molecule has 0 aliphatic heterocycles. The number of aliphatic hydroxyl groups excluding tert-OH is 1. The minimum Gasteiger partial charge on any atom is -0.382 e. The molecule has 0 amide bonds. The predicted molar refractivity (Wildman–Crippen MR) is 65.7 cm³/mol. The van der Waals surface area contributed by atoms with E-state index in [0.717, 1.165) is 28.2 Å². The molecule has 2 aromatic heterocycles. The number of fused-ring (bicyclic) bond motifs is 1. The summed E-state index contributed by atoms with van der Waals surface area (Å²) < 4.78 is 7.91. The maximum atomic E-state index is 10.1. The van der Waals surface area contributed by atoms with Gasteiger partial charge in [-0.2, -0.15) is 8.75 Å². The lowest BCUT2D eigenvalue weighted by atomic mass is 10.1. The molecular weight excluding hydrogens is 234 g/mol. The summed E-state index contributed by atoms with van der Waals surface area (Å²) in [6, 6.07) is 9.72. The van der Waals surface area contributed by atoms with Crippen molar-refractivity contribution >= 4 is 22.6 Å². The fraction of sp³-hybridized carbons (Fsp3) is 0.0833. The summed E-state index contributed by atoms with van der Waals surface area (Å²) in [5.74, 6) is 0. The summed E-state index contributed by atoms with van der Waals surface area (Å²) in [5, 5.41) is 11.1. The zero-order valence-corrected chi connectivity index (χ0v) is 9.63. The molecule has 3 rings (SSSR count). The Hall–Kier alpha value is -1.85. The molecule has 0 radical (unpaired) electrons. The van der Waals surface area contributed by atoms with Crippen molar-refractivity contribution in [3.05, 3.63) is 54.0 Å². The van der Waals surface area contributed by atoms with Gasteiger partial charge in [0.15, 0.2) is 0 Å². The Kier molecular flexibility index (Phi) is 2.55. The van der Waals surface area contributed by atoms with Gasteiger partial charge in [0.25, 0.3) is 0 Å². The van der Waals surface area contributed by atoms with E-state index in [1.807, 2.05) is 30.3 Å². The van der Waals surface area contributed by atoms with Crippen molar-refractivity contribution in [2.45, 2.75) is 6.10 Å². The van der Waals surface area contributed by atoms with E-state index < -0.39 is 6.10 Å². The van der Waals surface area contributed by atoms with E-state index in [-0.39, 0.29) is 0 Å². The van der Waals surface area contributed by atoms with Gasteiger partial charge >= 0.3 is 0 Å². The Bertz CT molecular complexity index is 639. The lowest BCUT2D eigenvalue weighted by Crippen LogP contribution is -2.00. The molecule has 3 aromatic rings. The van der Waals surface area contributed by atoms with Gasteiger partial charge in [-0.05, 0) is 12.1 Å². The van der Waals surface area contributed by atoms with Crippen LogP contribution in [0.1, 0.15) is 17.4 Å². The number of pyridine rings is 1. The first-order chi connectivity index (χ1) is 8.34. The number of para-hydroxylation sites is 1. The maximum absolute atomic E-state index is 10.1. The maximum Gasteiger partial charge on any atom is 0.125 e. The summed E-state index contributed by atoms with van der Waals surface area (Å²) in [6.45, 7) is 0. The summed E-state index contributed by atoms with van der Waals surface area (Å²) in [7, 11) is 0. The Morgan fingerprint density at radius 3 is 2.88 bits per heavy atom. The van der Waals surface area contributed by atoms with Crippen molar-refractivity contribution in [2.24, 2.45) is 0 Å². The SMILES string of the molecule is OC(c1cnc2ccccc2c1)c1cnsn1. The molecule has 1 aromatic carbocycles. The largest absolute Gasteiger partial charge is 0.382 e. The third-order valence-corrected chi connectivity index (χ3v) is 3.08. The highest BCUT2D eigenvalue weighted by molar-refractivity contribution is 6.99. The van der Waals surface area contributed by atoms with Gasteiger partial charge in [-0.1, -0.05) is 18.2 Å². The molecule has 1 unspecified atom stereocenters. The normalized spacial score (nSPS) is 12.8. The van der Waals surface area contributed by atoms with Gasteiger partial charge in [-0.3, -0.25) is 4.98 Å². The molecule has 0 saturated carbocycles. The smallest absolute Gasteiger partial charge is 0.125 e. The van der Waals surface area contributed by atoms with Crippen LogP contribution in [-0.4, -0.2) is 18.8 Å². The van der Waals surface area contributed by atoms with Crippen LogP contribution in [-0.2, 0) is 0 Å². The second kappa shape index (κ2) is 4.20. The third kappa shape index (κ3) is 1.90. The number of benzene rings is 1. The van der Waals surface area contributed by atoms with Gasteiger partial charge in [-0.25, -0.2) is 0 Å². The van der Waals surface area contributed by atoms with E-state index in [2.05, 4.69) is 13.7 Å². The van der Waals surface area contributed by atoms with Crippen LogP contribution in [0.2, 0.25) is 0 Å². The summed E-state index contributed by atoms with van der Waals surface area (Å²) in [4.78, 5) is 4.31. The van der Waals surface area contributed by atoms with Crippen molar-refractivity contribution in [1.29, 1.82) is 0 Å². The molecule has 0 aliphatic carbocycles. The van der Waals surface area contributed by atoms with Gasteiger partial charge in [0.05, 0.1) is 23.4 Å². The van der Waals surface area contributed by atoms with E-state index >= 15 is 0 Å². The number of aliphatic hydroxyl groups is 1. The van der Waals surface area contributed by atoms with E-state index in [4.69, 9.17) is 0 Å². The van der Waals surface area contributed by atoms with Crippen LogP contribution in [0.25, 0.3) is 10.9 Å². The van der Waals surface area contributed by atoms with Gasteiger partial charge < -0.3 is 5.11 Å². The van der Waals surface area contributed by atoms with Crippen molar-refractivity contribution < 1.29 is 5.11 Å². The molecule has 2 heterocycles. The molecule has 84 valence electrons. The van der Waals surface area contributed by atoms with E-state index in [1.165, 1.54) is 0 Å². The first-order valence-corrected chi connectivity index (χ1v) is 5.88. The minimum atomic E-state index is -0.758.